The van der Waals surface area contributed by atoms with Crippen molar-refractivity contribution in [3.8, 4) is 0 Å². The molecule has 0 aromatic heterocycles. The van der Waals surface area contributed by atoms with Gasteiger partial charge in [0, 0.05) is 5.56 Å². The van der Waals surface area contributed by atoms with Gasteiger partial charge in [-0.15, -0.1) is 0 Å². The van der Waals surface area contributed by atoms with Gasteiger partial charge >= 0.3 is 0 Å². The molecule has 1 fully saturated rings. The average Bonchev–Trinajstić information content (AvgIpc) is 2.67. The largest absolute Gasteiger partial charge is 0.493 e. The van der Waals surface area contributed by atoms with E-state index in [1.165, 1.54) is 0 Å². The van der Waals surface area contributed by atoms with Crippen LogP contribution in [0.3, 0.4) is 0 Å². The van der Waals surface area contributed by atoms with Crippen LogP contribution in [0.5, 0.6) is 0 Å². The third-order valence-corrected chi connectivity index (χ3v) is 4.26. The highest BCUT2D eigenvalue weighted by atomic mass is 16.7. The van der Waals surface area contributed by atoms with Crippen molar-refractivity contribution in [2.45, 2.75) is 31.2 Å². The van der Waals surface area contributed by atoms with Crippen molar-refractivity contribution < 1.29 is 18.9 Å². The molecule has 1 saturated heterocycles. The van der Waals surface area contributed by atoms with Crippen LogP contribution in [0.4, 0.5) is 0 Å². The Labute approximate surface area is 141 Å². The van der Waals surface area contributed by atoms with Gasteiger partial charge in [-0.1, -0.05) is 60.7 Å². The van der Waals surface area contributed by atoms with Crippen LogP contribution in [0.2, 0.25) is 0 Å². The molecule has 2 aliphatic heterocycles. The summed E-state index contributed by atoms with van der Waals surface area (Å²) in [7, 11) is 0. The van der Waals surface area contributed by atoms with E-state index in [1.807, 2.05) is 54.6 Å². The monoisotopic (exact) mass is 324 g/mol. The normalized spacial score (nSPS) is 28.8. The van der Waals surface area contributed by atoms with Crippen molar-refractivity contribution in [3.63, 3.8) is 0 Å². The Kier molecular flexibility index (Phi) is 4.60. The molecule has 0 radical (unpaired) electrons. The average molecular weight is 324 g/mol. The number of rotatable bonds is 4. The Balaban J connectivity index is 1.45. The first-order valence-electron chi connectivity index (χ1n) is 8.20. The zero-order valence-corrected chi connectivity index (χ0v) is 13.3. The van der Waals surface area contributed by atoms with E-state index in [2.05, 4.69) is 12.1 Å². The molecular formula is C20H20O4. The number of fused-ring (bicyclic) bond motifs is 1. The lowest BCUT2D eigenvalue weighted by atomic mass is 10.0. The molecule has 2 heterocycles. The predicted octanol–water partition coefficient (Wildman–Crippen LogP) is 3.60. The molecule has 2 aromatic carbocycles. The summed E-state index contributed by atoms with van der Waals surface area (Å²) in [5, 5.41) is 0. The summed E-state index contributed by atoms with van der Waals surface area (Å²) in [5.41, 5.74) is 2.15. The molecule has 2 aliphatic rings. The van der Waals surface area contributed by atoms with Crippen LogP contribution >= 0.6 is 0 Å². The Morgan fingerprint density at radius 2 is 1.71 bits per heavy atom. The second-order valence-corrected chi connectivity index (χ2v) is 5.94. The van der Waals surface area contributed by atoms with Gasteiger partial charge in [0.1, 0.15) is 12.2 Å². The molecular weight excluding hydrogens is 304 g/mol. The lowest BCUT2D eigenvalue weighted by Crippen LogP contribution is -2.50. The number of ether oxygens (including phenoxy) is 4. The topological polar surface area (TPSA) is 36.9 Å². The third kappa shape index (κ3) is 3.36. The van der Waals surface area contributed by atoms with Crippen LogP contribution in [-0.4, -0.2) is 24.9 Å². The lowest BCUT2D eigenvalue weighted by molar-refractivity contribution is -0.281. The molecule has 4 nitrogen and oxygen atoms in total. The van der Waals surface area contributed by atoms with Crippen molar-refractivity contribution in [2.75, 3.05) is 6.61 Å². The van der Waals surface area contributed by atoms with Crippen LogP contribution in [0, 0.1) is 0 Å². The van der Waals surface area contributed by atoms with E-state index in [9.17, 15) is 0 Å². The van der Waals surface area contributed by atoms with Crippen molar-refractivity contribution in [1.82, 2.24) is 0 Å². The van der Waals surface area contributed by atoms with Gasteiger partial charge in [0.2, 0.25) is 0 Å². The maximum Gasteiger partial charge on any atom is 0.184 e. The summed E-state index contributed by atoms with van der Waals surface area (Å²) in [4.78, 5) is 0. The van der Waals surface area contributed by atoms with Crippen LogP contribution in [0.1, 0.15) is 17.4 Å². The first kappa shape index (κ1) is 15.4. The zero-order chi connectivity index (χ0) is 16.2. The molecule has 0 aliphatic carbocycles. The molecule has 4 atom stereocenters. The van der Waals surface area contributed by atoms with Gasteiger partial charge in [-0.25, -0.2) is 0 Å². The summed E-state index contributed by atoms with van der Waals surface area (Å²) in [6.45, 7) is 1.03. The number of hydrogen-bond donors (Lipinski definition) is 0. The van der Waals surface area contributed by atoms with Gasteiger partial charge in [-0.2, -0.15) is 0 Å². The molecule has 124 valence electrons. The Hall–Kier alpha value is -2.14. The lowest BCUT2D eigenvalue weighted by Gasteiger charge is -2.40. The number of benzene rings is 2. The highest BCUT2D eigenvalue weighted by Gasteiger charge is 2.40. The fraction of sp³-hybridized carbons (Fsp3) is 0.300. The summed E-state index contributed by atoms with van der Waals surface area (Å²) in [6, 6.07) is 20.1. The fourth-order valence-corrected chi connectivity index (χ4v) is 2.99. The summed E-state index contributed by atoms with van der Waals surface area (Å²) >= 11 is 0. The molecule has 0 N–H and O–H groups in total. The zero-order valence-electron chi connectivity index (χ0n) is 13.3. The van der Waals surface area contributed by atoms with E-state index in [0.717, 1.165) is 11.1 Å². The van der Waals surface area contributed by atoms with Crippen LogP contribution in [0.25, 0.3) is 0 Å². The second kappa shape index (κ2) is 7.18. The molecule has 4 heteroatoms. The first-order valence-corrected chi connectivity index (χ1v) is 8.20. The molecule has 0 spiro atoms. The fourth-order valence-electron chi connectivity index (χ4n) is 2.99. The third-order valence-electron chi connectivity index (χ3n) is 4.26. The highest BCUT2D eigenvalue weighted by molar-refractivity contribution is 5.17. The summed E-state index contributed by atoms with van der Waals surface area (Å²) < 4.78 is 23.7. The van der Waals surface area contributed by atoms with Crippen molar-refractivity contribution in [3.05, 3.63) is 84.1 Å². The van der Waals surface area contributed by atoms with Crippen molar-refractivity contribution >= 4 is 0 Å². The van der Waals surface area contributed by atoms with E-state index in [4.69, 9.17) is 18.9 Å². The van der Waals surface area contributed by atoms with E-state index in [1.54, 1.807) is 6.26 Å². The van der Waals surface area contributed by atoms with E-state index < -0.39 is 0 Å². The maximum atomic E-state index is 6.15. The van der Waals surface area contributed by atoms with E-state index in [-0.39, 0.29) is 24.6 Å². The molecule has 0 saturated carbocycles. The summed E-state index contributed by atoms with van der Waals surface area (Å²) in [5.74, 6) is 0. The SMILES string of the molecule is C1=C[C@H](OCc2ccccc2)[C@@H]2OC(c3ccccc3)OC[C@H]2O1. The minimum atomic E-state index is -0.384. The Morgan fingerprint density at radius 1 is 0.958 bits per heavy atom. The molecule has 24 heavy (non-hydrogen) atoms. The minimum absolute atomic E-state index is 0.143. The van der Waals surface area contributed by atoms with Gasteiger partial charge in [0.25, 0.3) is 0 Å². The molecule has 0 bridgehead atoms. The Morgan fingerprint density at radius 3 is 2.50 bits per heavy atom. The predicted molar refractivity (Wildman–Crippen MR) is 89.0 cm³/mol. The quantitative estimate of drug-likeness (QED) is 0.861. The highest BCUT2D eigenvalue weighted by Crippen LogP contribution is 2.32. The van der Waals surface area contributed by atoms with E-state index in [0.29, 0.717) is 13.2 Å². The van der Waals surface area contributed by atoms with Gasteiger partial charge in [0.15, 0.2) is 12.4 Å². The van der Waals surface area contributed by atoms with Crippen LogP contribution in [0.15, 0.2) is 73.0 Å². The van der Waals surface area contributed by atoms with Crippen LogP contribution in [-0.2, 0) is 25.6 Å². The van der Waals surface area contributed by atoms with Gasteiger partial charge < -0.3 is 18.9 Å². The van der Waals surface area contributed by atoms with Gasteiger partial charge in [-0.05, 0) is 11.6 Å². The smallest absolute Gasteiger partial charge is 0.184 e. The standard InChI is InChI=1S/C20H20O4/c1-3-7-15(8-4-1)13-22-17-11-12-21-18-14-23-20(24-19(17)18)16-9-5-2-6-10-16/h1-12,17-20H,13-14H2/t17-,18+,19-,20?/m0/s1. The summed E-state index contributed by atoms with van der Waals surface area (Å²) in [6.07, 6.45) is 2.74. The molecule has 2 aromatic rings. The van der Waals surface area contributed by atoms with Gasteiger partial charge in [-0.3, -0.25) is 0 Å². The van der Waals surface area contributed by atoms with Crippen molar-refractivity contribution in [1.29, 1.82) is 0 Å². The molecule has 4 rings (SSSR count). The van der Waals surface area contributed by atoms with Crippen molar-refractivity contribution in [2.24, 2.45) is 0 Å². The van der Waals surface area contributed by atoms with Gasteiger partial charge in [0.05, 0.1) is 19.5 Å². The van der Waals surface area contributed by atoms with Crippen LogP contribution < -0.4 is 0 Å². The molecule has 1 unspecified atom stereocenters. The minimum Gasteiger partial charge on any atom is -0.493 e. The molecule has 0 amide bonds. The number of hydrogen-bond acceptors (Lipinski definition) is 4. The Bertz CT molecular complexity index is 671. The second-order valence-electron chi connectivity index (χ2n) is 5.94. The first-order chi connectivity index (χ1) is 11.9. The van der Waals surface area contributed by atoms with E-state index >= 15 is 0 Å². The maximum absolute atomic E-state index is 6.15.